The highest BCUT2D eigenvalue weighted by atomic mass is 19.1. The van der Waals surface area contributed by atoms with Gasteiger partial charge in [-0.15, -0.1) is 0 Å². The van der Waals surface area contributed by atoms with Crippen LogP contribution in [0.5, 0.6) is 0 Å². The fourth-order valence-electron chi connectivity index (χ4n) is 7.68. The number of rotatable bonds is 10. The summed E-state index contributed by atoms with van der Waals surface area (Å²) >= 11 is 0. The van der Waals surface area contributed by atoms with Crippen LogP contribution in [0.2, 0.25) is 0 Å². The molecule has 4 aromatic rings. The van der Waals surface area contributed by atoms with Crippen molar-refractivity contribution in [3.05, 3.63) is 101 Å². The van der Waals surface area contributed by atoms with Crippen molar-refractivity contribution >= 4 is 11.7 Å². The Morgan fingerprint density at radius 3 is 2.45 bits per heavy atom. The summed E-state index contributed by atoms with van der Waals surface area (Å²) < 4.78 is 19.7. The van der Waals surface area contributed by atoms with Gasteiger partial charge in [0.15, 0.2) is 0 Å². The molecule has 1 aliphatic heterocycles. The first-order chi connectivity index (χ1) is 23.9. The summed E-state index contributed by atoms with van der Waals surface area (Å²) in [6, 6.07) is 20.5. The number of carbonyl (C=O) groups is 1. The number of aliphatic hydroxyl groups excluding tert-OH is 1. The summed E-state index contributed by atoms with van der Waals surface area (Å²) in [7, 11) is 0. The predicted molar refractivity (Wildman–Crippen MR) is 188 cm³/mol. The Labute approximate surface area is 287 Å². The number of piperazine rings is 1. The molecule has 0 radical (unpaired) electrons. The molecule has 9 nitrogen and oxygen atoms in total. The number of aliphatic hydroxyl groups is 1. The number of aryl methyl sites for hydroxylation is 1. The number of fused-ring (bicyclic) bond motifs is 1. The molecule has 4 N–H and O–H groups in total. The highest BCUT2D eigenvalue weighted by Crippen LogP contribution is 2.37. The lowest BCUT2D eigenvalue weighted by atomic mass is 9.84. The third-order valence-electron chi connectivity index (χ3n) is 10.4. The average molecular weight is 665 g/mol. The molecular formula is C39H45FN6O3. The molecule has 256 valence electrons. The van der Waals surface area contributed by atoms with Crippen molar-refractivity contribution < 1.29 is 19.0 Å². The number of hydrogen-bond acceptors (Lipinski definition) is 8. The van der Waals surface area contributed by atoms with E-state index in [9.17, 15) is 14.3 Å². The van der Waals surface area contributed by atoms with E-state index in [-0.39, 0.29) is 36.0 Å². The molecule has 1 saturated heterocycles. The zero-order valence-electron chi connectivity index (χ0n) is 27.9. The highest BCUT2D eigenvalue weighted by molar-refractivity contribution is 5.99. The molecule has 1 amide bonds. The highest BCUT2D eigenvalue weighted by Gasteiger charge is 2.31. The molecule has 10 heteroatoms. The van der Waals surface area contributed by atoms with Crippen LogP contribution in [0.15, 0.2) is 73.1 Å². The van der Waals surface area contributed by atoms with Gasteiger partial charge in [0.05, 0.1) is 30.9 Å². The number of ether oxygens (including phenoxy) is 1. The van der Waals surface area contributed by atoms with E-state index in [0.717, 1.165) is 64.0 Å². The lowest BCUT2D eigenvalue weighted by Gasteiger charge is -2.41. The minimum atomic E-state index is -0.571. The Bertz CT molecular complexity index is 1740. The van der Waals surface area contributed by atoms with Gasteiger partial charge in [-0.2, -0.15) is 4.39 Å². The van der Waals surface area contributed by atoms with E-state index < -0.39 is 5.95 Å². The molecule has 7 rings (SSSR count). The van der Waals surface area contributed by atoms with Gasteiger partial charge in [-0.25, -0.2) is 9.97 Å². The third-order valence-corrected chi connectivity index (χ3v) is 10.4. The molecule has 2 fully saturated rings. The Hall–Kier alpha value is -4.22. The van der Waals surface area contributed by atoms with Gasteiger partial charge in [0, 0.05) is 62.3 Å². The summed E-state index contributed by atoms with van der Waals surface area (Å²) in [5.41, 5.74) is 14.1. The Morgan fingerprint density at radius 1 is 0.898 bits per heavy atom. The van der Waals surface area contributed by atoms with E-state index >= 15 is 0 Å². The normalized spacial score (nSPS) is 21.4. The second kappa shape index (κ2) is 15.1. The Kier molecular flexibility index (Phi) is 10.3. The monoisotopic (exact) mass is 664 g/mol. The van der Waals surface area contributed by atoms with Crippen molar-refractivity contribution in [3.8, 4) is 22.3 Å². The van der Waals surface area contributed by atoms with Crippen molar-refractivity contribution in [1.29, 1.82) is 0 Å². The number of carbonyl (C=O) groups excluding carboxylic acids is 1. The quantitative estimate of drug-likeness (QED) is 0.194. The minimum Gasteiger partial charge on any atom is -0.395 e. The summed E-state index contributed by atoms with van der Waals surface area (Å²) in [5, 5.41) is 12.4. The van der Waals surface area contributed by atoms with Crippen LogP contribution in [0.4, 0.5) is 10.2 Å². The number of hydrogen-bond donors (Lipinski definition) is 3. The lowest BCUT2D eigenvalue weighted by molar-refractivity contribution is 0.0272. The van der Waals surface area contributed by atoms with Crippen LogP contribution >= 0.6 is 0 Å². The molecule has 3 heterocycles. The molecule has 2 aliphatic carbocycles. The molecule has 3 aliphatic rings. The number of nitrogens with one attached hydrogen (secondary N) is 1. The first-order valence-corrected chi connectivity index (χ1v) is 17.5. The number of nitrogen functional groups attached to an aromatic ring is 1. The van der Waals surface area contributed by atoms with Crippen molar-refractivity contribution in [2.75, 3.05) is 45.1 Å². The van der Waals surface area contributed by atoms with Gasteiger partial charge in [-0.1, -0.05) is 42.5 Å². The van der Waals surface area contributed by atoms with Crippen LogP contribution in [0.1, 0.15) is 65.2 Å². The van der Waals surface area contributed by atoms with Gasteiger partial charge in [-0.3, -0.25) is 14.6 Å². The molecule has 49 heavy (non-hydrogen) atoms. The molecule has 2 aromatic carbocycles. The second-order valence-electron chi connectivity index (χ2n) is 13.5. The topological polar surface area (TPSA) is 117 Å². The van der Waals surface area contributed by atoms with E-state index in [2.05, 4.69) is 67.5 Å². The van der Waals surface area contributed by atoms with Crippen molar-refractivity contribution in [1.82, 2.24) is 25.1 Å². The van der Waals surface area contributed by atoms with Crippen molar-refractivity contribution in [2.45, 2.75) is 63.3 Å². The Balaban J connectivity index is 0.950. The number of nitrogens with two attached hydrogens (primary N) is 1. The standard InChI is InChI=1S/C39H45FN6O3/c40-37-14-12-30(23-42-37)31-22-33(38(41)43-24-31)39(48)44-34-4-2-6-36(34)49-25-26-7-9-27(10-8-26)28-11-13-32-29(21-28)3-1-5-35(32)46-17-15-45(16-18-46)19-20-47/h7-14,21-24,34-36,47H,1-6,15-20,25H2,(H2,41,43)(H,44,48)/t34-,35+,36-/m0/s1. The molecular weight excluding hydrogens is 619 g/mol. The first kappa shape index (κ1) is 33.3. The molecule has 0 unspecified atom stereocenters. The van der Waals surface area contributed by atoms with E-state index in [1.54, 1.807) is 18.3 Å². The van der Waals surface area contributed by atoms with E-state index in [1.165, 1.54) is 47.4 Å². The zero-order chi connectivity index (χ0) is 33.7. The molecule has 2 aromatic heterocycles. The van der Waals surface area contributed by atoms with Gasteiger partial charge in [0.25, 0.3) is 5.91 Å². The van der Waals surface area contributed by atoms with Gasteiger partial charge in [0.2, 0.25) is 5.95 Å². The summed E-state index contributed by atoms with van der Waals surface area (Å²) in [6.07, 6.45) is 9.05. The number of pyridine rings is 2. The van der Waals surface area contributed by atoms with Crippen LogP contribution in [-0.4, -0.2) is 82.3 Å². The zero-order valence-corrected chi connectivity index (χ0v) is 27.9. The minimum absolute atomic E-state index is 0.103. The maximum Gasteiger partial charge on any atom is 0.255 e. The smallest absolute Gasteiger partial charge is 0.255 e. The number of aromatic nitrogens is 2. The van der Waals surface area contributed by atoms with Gasteiger partial charge < -0.3 is 20.9 Å². The number of halogens is 1. The van der Waals surface area contributed by atoms with Gasteiger partial charge in [-0.05, 0) is 84.5 Å². The van der Waals surface area contributed by atoms with E-state index in [4.69, 9.17) is 10.5 Å². The maximum absolute atomic E-state index is 13.3. The van der Waals surface area contributed by atoms with Gasteiger partial charge in [0.1, 0.15) is 5.82 Å². The van der Waals surface area contributed by atoms with Crippen LogP contribution in [-0.2, 0) is 17.8 Å². The number of benzene rings is 2. The van der Waals surface area contributed by atoms with Gasteiger partial charge >= 0.3 is 0 Å². The van der Waals surface area contributed by atoms with Crippen molar-refractivity contribution in [3.63, 3.8) is 0 Å². The molecule has 0 spiro atoms. The third kappa shape index (κ3) is 7.68. The number of β-amino-alcohol motifs (C(OH)–C–C–N with tert-alkyl or cyclic N) is 1. The van der Waals surface area contributed by atoms with Crippen LogP contribution in [0, 0.1) is 5.95 Å². The summed E-state index contributed by atoms with van der Waals surface area (Å²) in [6.45, 7) is 5.63. The van der Waals surface area contributed by atoms with Crippen LogP contribution in [0.3, 0.4) is 0 Å². The van der Waals surface area contributed by atoms with Crippen LogP contribution < -0.4 is 11.1 Å². The number of anilines is 1. The second-order valence-corrected chi connectivity index (χ2v) is 13.5. The van der Waals surface area contributed by atoms with E-state index in [0.29, 0.717) is 23.8 Å². The number of amides is 1. The number of nitrogens with zero attached hydrogens (tertiary/aromatic N) is 4. The summed E-state index contributed by atoms with van der Waals surface area (Å²) in [5.74, 6) is -0.735. The van der Waals surface area contributed by atoms with Crippen molar-refractivity contribution in [2.24, 2.45) is 0 Å². The molecule has 0 bridgehead atoms. The fraction of sp³-hybridized carbons (Fsp3) is 0.410. The SMILES string of the molecule is Nc1ncc(-c2ccc(F)nc2)cc1C(=O)N[C@H]1CCC[C@@H]1OCc1ccc(-c2ccc3c(c2)CCC[C@H]3N2CCN(CCO)CC2)cc1. The summed E-state index contributed by atoms with van der Waals surface area (Å²) in [4.78, 5) is 26.2. The van der Waals surface area contributed by atoms with E-state index in [1.807, 2.05) is 0 Å². The fourth-order valence-corrected chi connectivity index (χ4v) is 7.68. The Morgan fingerprint density at radius 2 is 1.67 bits per heavy atom. The first-order valence-electron chi connectivity index (χ1n) is 17.5. The van der Waals surface area contributed by atoms with Crippen LogP contribution in [0.25, 0.3) is 22.3 Å². The predicted octanol–water partition coefficient (Wildman–Crippen LogP) is 5.39. The average Bonchev–Trinajstić information content (AvgIpc) is 3.58. The molecule has 3 atom stereocenters. The maximum atomic E-state index is 13.3. The lowest BCUT2D eigenvalue weighted by Crippen LogP contribution is -2.48. The molecule has 1 saturated carbocycles. The largest absolute Gasteiger partial charge is 0.395 e.